The Bertz CT molecular complexity index is 2410. The van der Waals surface area contributed by atoms with E-state index in [4.69, 9.17) is 38.5 Å². The monoisotopic (exact) mass is 778 g/mol. The molecule has 5 unspecified atom stereocenters. The molecule has 5 atom stereocenters. The lowest BCUT2D eigenvalue weighted by molar-refractivity contribution is -0.133. The lowest BCUT2D eigenvalue weighted by atomic mass is 9.74. The summed E-state index contributed by atoms with van der Waals surface area (Å²) in [5, 5.41) is 25.1. The van der Waals surface area contributed by atoms with Gasteiger partial charge >= 0.3 is 0 Å². The Kier molecular flexibility index (Phi) is 8.54. The summed E-state index contributed by atoms with van der Waals surface area (Å²) in [5.74, 6) is 0.231. The maximum Gasteiger partial charge on any atom is 0.226 e. The Hall–Kier alpha value is -4.04. The van der Waals surface area contributed by atoms with E-state index in [0.29, 0.717) is 52.4 Å². The Balaban J connectivity index is 1.16. The van der Waals surface area contributed by atoms with Crippen LogP contribution in [0.2, 0.25) is 10.0 Å². The van der Waals surface area contributed by atoms with E-state index in [9.17, 15) is 10.1 Å². The zero-order chi connectivity index (χ0) is 37.7. The highest BCUT2D eigenvalue weighted by molar-refractivity contribution is 6.43. The van der Waals surface area contributed by atoms with Gasteiger partial charge in [0.15, 0.2) is 5.82 Å². The van der Waals surface area contributed by atoms with Gasteiger partial charge in [-0.2, -0.15) is 5.26 Å². The number of amides is 1. The lowest BCUT2D eigenvalue weighted by Gasteiger charge is -2.39. The van der Waals surface area contributed by atoms with E-state index in [1.54, 1.807) is 18.2 Å². The van der Waals surface area contributed by atoms with Gasteiger partial charge in [-0.25, -0.2) is 14.1 Å². The van der Waals surface area contributed by atoms with Crippen LogP contribution in [0.25, 0.3) is 32.9 Å². The van der Waals surface area contributed by atoms with Crippen molar-refractivity contribution in [2.75, 3.05) is 13.1 Å². The number of halogens is 3. The second-order valence-electron chi connectivity index (χ2n) is 17.2. The highest BCUT2D eigenvalue weighted by atomic mass is 35.5. The molecule has 6 aliphatic rings. The van der Waals surface area contributed by atoms with Gasteiger partial charge in [-0.3, -0.25) is 4.79 Å². The molecular formula is C43H45Cl2FN8O. The fourth-order valence-corrected chi connectivity index (χ4v) is 10.9. The van der Waals surface area contributed by atoms with Crippen LogP contribution in [0.3, 0.4) is 0 Å². The first-order valence-corrected chi connectivity index (χ1v) is 20.8. The molecule has 1 N–H and O–H groups in total. The van der Waals surface area contributed by atoms with Crippen LogP contribution in [-0.2, 0) is 16.6 Å². The van der Waals surface area contributed by atoms with Gasteiger partial charge in [0.1, 0.15) is 5.52 Å². The molecule has 2 aromatic carbocycles. The summed E-state index contributed by atoms with van der Waals surface area (Å²) >= 11 is 13.2. The number of carbonyl (C=O) groups is 1. The number of likely N-dealkylation sites (tertiary alicyclic amines) is 1. The molecule has 0 spiro atoms. The maximum absolute atomic E-state index is 17.3. The summed E-state index contributed by atoms with van der Waals surface area (Å²) in [7, 11) is 0. The molecular weight excluding hydrogens is 734 g/mol. The largest absolute Gasteiger partial charge is 0.337 e. The SMILES string of the molecule is Cc1nc2c(F)c(-c3cccc(Cl)c3Cl)c(CCC#N)cc2c2c1cc(C1CC(n3cc(C4(C)CCCCC4)nn3)CN1C(=O)C1CC1)n2C1C2CNC1C2. The fraction of sp³-hybridized carbons (Fsp3) is 0.512. The average molecular weight is 780 g/mol. The number of rotatable bonds is 8. The van der Waals surface area contributed by atoms with Crippen molar-refractivity contribution in [3.05, 3.63) is 75.0 Å². The van der Waals surface area contributed by atoms with Gasteiger partial charge in [0.25, 0.3) is 0 Å². The van der Waals surface area contributed by atoms with Crippen LogP contribution < -0.4 is 5.32 Å². The zero-order valence-corrected chi connectivity index (χ0v) is 32.8. The van der Waals surface area contributed by atoms with E-state index in [2.05, 4.69) is 40.0 Å². The van der Waals surface area contributed by atoms with Crippen molar-refractivity contribution >= 4 is 50.9 Å². The smallest absolute Gasteiger partial charge is 0.226 e. The highest BCUT2D eigenvalue weighted by Crippen LogP contribution is 2.52. The van der Waals surface area contributed by atoms with Crippen molar-refractivity contribution < 1.29 is 9.18 Å². The number of nitrogens with one attached hydrogen (secondary N) is 1. The third kappa shape index (κ3) is 5.62. The van der Waals surface area contributed by atoms with Crippen LogP contribution in [0.4, 0.5) is 4.39 Å². The molecule has 6 fully saturated rings. The summed E-state index contributed by atoms with van der Waals surface area (Å²) in [5.41, 5.74) is 5.61. The summed E-state index contributed by atoms with van der Waals surface area (Å²) in [4.78, 5) is 21.3. The summed E-state index contributed by atoms with van der Waals surface area (Å²) in [6.07, 6.45) is 12.3. The van der Waals surface area contributed by atoms with Gasteiger partial charge in [0.05, 0.1) is 45.5 Å². The number of hydrogen-bond donors (Lipinski definition) is 1. The number of fused-ring (bicyclic) bond motifs is 4. The first-order chi connectivity index (χ1) is 26.6. The number of benzene rings is 2. The van der Waals surface area contributed by atoms with Crippen LogP contribution in [0.15, 0.2) is 36.5 Å². The molecule has 2 bridgehead atoms. The number of carbonyl (C=O) groups excluding carboxylic acids is 1. The molecule has 11 rings (SSSR count). The minimum Gasteiger partial charge on any atom is -0.337 e. The molecule has 284 valence electrons. The molecule has 5 aromatic rings. The van der Waals surface area contributed by atoms with E-state index >= 15 is 4.39 Å². The Labute approximate surface area is 330 Å². The second kappa shape index (κ2) is 13.3. The lowest BCUT2D eigenvalue weighted by Crippen LogP contribution is -2.41. The first-order valence-electron chi connectivity index (χ1n) is 20.1. The van der Waals surface area contributed by atoms with Crippen molar-refractivity contribution in [3.8, 4) is 17.2 Å². The number of aromatic nitrogens is 5. The molecule has 3 saturated carbocycles. The quantitative estimate of drug-likeness (QED) is 0.168. The molecule has 3 aliphatic heterocycles. The number of nitrogens with zero attached hydrogens (tertiary/aromatic N) is 7. The minimum atomic E-state index is -0.469. The fourth-order valence-electron chi connectivity index (χ4n) is 10.5. The van der Waals surface area contributed by atoms with Crippen LogP contribution in [0, 0.1) is 35.9 Å². The normalized spacial score (nSPS) is 25.8. The second-order valence-corrected chi connectivity index (χ2v) is 17.9. The number of aryl methyl sites for hydroxylation is 2. The van der Waals surface area contributed by atoms with Crippen LogP contribution in [0.5, 0.6) is 0 Å². The minimum absolute atomic E-state index is 0.0140. The van der Waals surface area contributed by atoms with Crippen LogP contribution >= 0.6 is 23.2 Å². The van der Waals surface area contributed by atoms with Crippen molar-refractivity contribution in [2.45, 2.75) is 114 Å². The molecule has 0 radical (unpaired) electrons. The van der Waals surface area contributed by atoms with Gasteiger partial charge in [0.2, 0.25) is 5.91 Å². The maximum atomic E-state index is 17.3. The van der Waals surface area contributed by atoms with E-state index < -0.39 is 5.82 Å². The summed E-state index contributed by atoms with van der Waals surface area (Å²) < 4.78 is 21.8. The molecule has 55 heavy (non-hydrogen) atoms. The standard InChI is InChI=1S/C43H45Cl2FN8O/c1-23-29-19-34(33-18-27(21-52(33)42(55)24-11-12-24)53-22-35(50-51-53)43(2)13-4-3-5-14-43)54(40-26-17-32(40)48-20-26)41(29)30-16-25(8-7-15-47)36(38(46)39(30)49-23)28-9-6-10-31(44)37(28)45/h6,9-10,16,19,22,24,26-27,32-33,40,48H,3-5,7-8,11-14,17-18,20-21H2,1-2H3. The first kappa shape index (κ1) is 35.4. The van der Waals surface area contributed by atoms with E-state index in [0.717, 1.165) is 66.6 Å². The molecule has 3 aromatic heterocycles. The van der Waals surface area contributed by atoms with Crippen molar-refractivity contribution in [1.82, 2.24) is 34.8 Å². The highest BCUT2D eigenvalue weighted by Gasteiger charge is 2.51. The molecule has 1 amide bonds. The third-order valence-electron chi connectivity index (χ3n) is 13.7. The average Bonchev–Trinajstić information content (AvgIpc) is 3.68. The van der Waals surface area contributed by atoms with Gasteiger partial charge in [-0.1, -0.05) is 66.7 Å². The Morgan fingerprint density at radius 3 is 2.67 bits per heavy atom. The topological polar surface area (TPSA) is 105 Å². The van der Waals surface area contributed by atoms with Gasteiger partial charge < -0.3 is 14.8 Å². The third-order valence-corrected chi connectivity index (χ3v) is 14.5. The predicted molar refractivity (Wildman–Crippen MR) is 212 cm³/mol. The Morgan fingerprint density at radius 1 is 1.13 bits per heavy atom. The van der Waals surface area contributed by atoms with Crippen molar-refractivity contribution in [2.24, 2.45) is 11.8 Å². The van der Waals surface area contributed by atoms with Crippen molar-refractivity contribution in [3.63, 3.8) is 0 Å². The molecule has 3 saturated heterocycles. The number of nitriles is 1. The van der Waals surface area contributed by atoms with E-state index in [1.165, 1.54) is 19.3 Å². The van der Waals surface area contributed by atoms with Gasteiger partial charge in [-0.15, -0.1) is 5.10 Å². The number of pyridine rings is 1. The molecule has 9 nitrogen and oxygen atoms in total. The van der Waals surface area contributed by atoms with Gasteiger partial charge in [-0.05, 0) is 81.5 Å². The molecule has 12 heteroatoms. The number of hydrogen-bond acceptors (Lipinski definition) is 6. The summed E-state index contributed by atoms with van der Waals surface area (Å²) in [6.45, 7) is 5.77. The van der Waals surface area contributed by atoms with Crippen LogP contribution in [0.1, 0.15) is 112 Å². The zero-order valence-electron chi connectivity index (χ0n) is 31.3. The predicted octanol–water partition coefficient (Wildman–Crippen LogP) is 9.34. The molecule has 3 aliphatic carbocycles. The Morgan fingerprint density at radius 2 is 1.95 bits per heavy atom. The summed E-state index contributed by atoms with van der Waals surface area (Å²) in [6, 6.07) is 12.0. The molecule has 6 heterocycles. The van der Waals surface area contributed by atoms with E-state index in [1.807, 2.05) is 17.7 Å². The van der Waals surface area contributed by atoms with Crippen molar-refractivity contribution in [1.29, 1.82) is 5.26 Å². The van der Waals surface area contributed by atoms with Crippen LogP contribution in [-0.4, -0.2) is 54.5 Å². The van der Waals surface area contributed by atoms with E-state index in [-0.39, 0.29) is 58.4 Å². The van der Waals surface area contributed by atoms with Gasteiger partial charge in [0, 0.05) is 76.4 Å².